The highest BCUT2D eigenvalue weighted by Crippen LogP contribution is 2.35. The molecule has 0 aromatic carbocycles. The third-order valence-corrected chi connectivity index (χ3v) is 4.24. The molecule has 0 unspecified atom stereocenters. The highest BCUT2D eigenvalue weighted by molar-refractivity contribution is 6.01. The van der Waals surface area contributed by atoms with Crippen molar-refractivity contribution in [3.05, 3.63) is 11.9 Å². The van der Waals surface area contributed by atoms with Gasteiger partial charge < -0.3 is 14.5 Å². The minimum Gasteiger partial charge on any atom is -0.378 e. The van der Waals surface area contributed by atoms with E-state index < -0.39 is 0 Å². The summed E-state index contributed by atoms with van der Waals surface area (Å²) < 4.78 is 5.42. The summed E-state index contributed by atoms with van der Waals surface area (Å²) in [6.45, 7) is 7.16. The van der Waals surface area contributed by atoms with Crippen LogP contribution >= 0.6 is 0 Å². The Bertz CT molecular complexity index is 563. The van der Waals surface area contributed by atoms with Gasteiger partial charge in [-0.1, -0.05) is 0 Å². The molecule has 3 aliphatic rings. The molecule has 0 radical (unpaired) electrons. The van der Waals surface area contributed by atoms with Gasteiger partial charge in [0.2, 0.25) is 0 Å². The lowest BCUT2D eigenvalue weighted by Gasteiger charge is -2.29. The number of nitrogens with zero attached hydrogens (tertiary/aromatic N) is 5. The molecule has 1 saturated heterocycles. The average molecular weight is 287 g/mol. The van der Waals surface area contributed by atoms with Gasteiger partial charge >= 0.3 is 0 Å². The van der Waals surface area contributed by atoms with Gasteiger partial charge in [0.15, 0.2) is 0 Å². The lowest BCUT2D eigenvalue weighted by molar-refractivity contribution is 0.122. The largest absolute Gasteiger partial charge is 0.378 e. The number of hydrogen-bond donors (Lipinski definition) is 0. The SMILES string of the molecule is Cc1nc(N2CCOCC2)cc(N2CCN=C2C2CC2)n1. The Kier molecular flexibility index (Phi) is 3.25. The second-order valence-electron chi connectivity index (χ2n) is 5.90. The first-order chi connectivity index (χ1) is 10.3. The smallest absolute Gasteiger partial charge is 0.139 e. The van der Waals surface area contributed by atoms with Crippen LogP contribution in [0.4, 0.5) is 11.6 Å². The van der Waals surface area contributed by atoms with E-state index in [1.54, 1.807) is 0 Å². The molecule has 1 aromatic heterocycles. The van der Waals surface area contributed by atoms with E-state index in [1.807, 2.05) is 6.92 Å². The number of amidine groups is 1. The van der Waals surface area contributed by atoms with Crippen LogP contribution < -0.4 is 9.80 Å². The van der Waals surface area contributed by atoms with Gasteiger partial charge in [-0.05, 0) is 19.8 Å². The van der Waals surface area contributed by atoms with E-state index in [-0.39, 0.29) is 0 Å². The normalized spacial score (nSPS) is 22.6. The minimum absolute atomic E-state index is 0.662. The maximum Gasteiger partial charge on any atom is 0.139 e. The molecule has 0 N–H and O–H groups in total. The lowest BCUT2D eigenvalue weighted by Crippen LogP contribution is -2.37. The van der Waals surface area contributed by atoms with Crippen molar-refractivity contribution in [2.45, 2.75) is 19.8 Å². The summed E-state index contributed by atoms with van der Waals surface area (Å²) >= 11 is 0. The first-order valence-electron chi connectivity index (χ1n) is 7.81. The third-order valence-electron chi connectivity index (χ3n) is 4.24. The van der Waals surface area contributed by atoms with Crippen LogP contribution in [0.15, 0.2) is 11.1 Å². The van der Waals surface area contributed by atoms with Gasteiger partial charge in [-0.3, -0.25) is 4.99 Å². The fraction of sp³-hybridized carbons (Fsp3) is 0.667. The maximum absolute atomic E-state index is 5.42. The van der Waals surface area contributed by atoms with Crippen molar-refractivity contribution in [3.63, 3.8) is 0 Å². The molecule has 1 saturated carbocycles. The Morgan fingerprint density at radius 3 is 2.62 bits per heavy atom. The van der Waals surface area contributed by atoms with Gasteiger partial charge in [0.25, 0.3) is 0 Å². The monoisotopic (exact) mass is 287 g/mol. The van der Waals surface area contributed by atoms with Crippen LogP contribution in [0.5, 0.6) is 0 Å². The van der Waals surface area contributed by atoms with Gasteiger partial charge in [-0.2, -0.15) is 0 Å². The van der Waals surface area contributed by atoms with Gasteiger partial charge in [-0.15, -0.1) is 0 Å². The van der Waals surface area contributed by atoms with E-state index in [9.17, 15) is 0 Å². The molecular formula is C15H21N5O. The summed E-state index contributed by atoms with van der Waals surface area (Å²) in [7, 11) is 0. The van der Waals surface area contributed by atoms with Crippen molar-refractivity contribution in [3.8, 4) is 0 Å². The van der Waals surface area contributed by atoms with Crippen LogP contribution in [0.25, 0.3) is 0 Å². The Morgan fingerprint density at radius 2 is 1.86 bits per heavy atom. The van der Waals surface area contributed by atoms with Crippen LogP contribution in [-0.4, -0.2) is 55.2 Å². The van der Waals surface area contributed by atoms with Crippen LogP contribution in [0.3, 0.4) is 0 Å². The Labute approximate surface area is 124 Å². The first-order valence-corrected chi connectivity index (χ1v) is 7.81. The summed E-state index contributed by atoms with van der Waals surface area (Å²) in [6.07, 6.45) is 2.55. The fourth-order valence-electron chi connectivity index (χ4n) is 3.02. The molecule has 4 rings (SSSR count). The highest BCUT2D eigenvalue weighted by Gasteiger charge is 2.34. The predicted molar refractivity (Wildman–Crippen MR) is 82.2 cm³/mol. The second kappa shape index (κ2) is 5.26. The molecule has 0 bridgehead atoms. The fourth-order valence-corrected chi connectivity index (χ4v) is 3.02. The summed E-state index contributed by atoms with van der Waals surface area (Å²) in [5.74, 6) is 4.75. The van der Waals surface area contributed by atoms with Gasteiger partial charge in [0.1, 0.15) is 23.3 Å². The number of morpholine rings is 1. The van der Waals surface area contributed by atoms with Crippen molar-refractivity contribution < 1.29 is 4.74 Å². The lowest BCUT2D eigenvalue weighted by atomic mass is 10.3. The van der Waals surface area contributed by atoms with Crippen LogP contribution in [0, 0.1) is 12.8 Å². The molecule has 0 amide bonds. The van der Waals surface area contributed by atoms with E-state index >= 15 is 0 Å². The average Bonchev–Trinajstić information content (AvgIpc) is 3.24. The van der Waals surface area contributed by atoms with Gasteiger partial charge in [0.05, 0.1) is 19.8 Å². The molecule has 6 nitrogen and oxygen atoms in total. The van der Waals surface area contributed by atoms with E-state index in [4.69, 9.17) is 4.74 Å². The molecule has 6 heteroatoms. The number of anilines is 2. The molecule has 112 valence electrons. The Balaban J connectivity index is 1.62. The van der Waals surface area contributed by atoms with Crippen molar-refractivity contribution in [2.75, 3.05) is 49.2 Å². The van der Waals surface area contributed by atoms with Crippen LogP contribution in [0.2, 0.25) is 0 Å². The summed E-state index contributed by atoms with van der Waals surface area (Å²) in [5.41, 5.74) is 0. The number of rotatable bonds is 3. The molecule has 3 heterocycles. The molecular weight excluding hydrogens is 266 g/mol. The number of aryl methyl sites for hydroxylation is 1. The third kappa shape index (κ3) is 2.60. The molecule has 1 aromatic rings. The van der Waals surface area contributed by atoms with Crippen molar-refractivity contribution in [1.29, 1.82) is 0 Å². The Morgan fingerprint density at radius 1 is 1.10 bits per heavy atom. The molecule has 2 fully saturated rings. The predicted octanol–water partition coefficient (Wildman–Crippen LogP) is 1.25. The number of aromatic nitrogens is 2. The molecule has 2 aliphatic heterocycles. The van der Waals surface area contributed by atoms with Gasteiger partial charge in [-0.25, -0.2) is 9.97 Å². The highest BCUT2D eigenvalue weighted by atomic mass is 16.5. The molecule has 0 atom stereocenters. The topological polar surface area (TPSA) is 53.9 Å². The molecule has 0 spiro atoms. The zero-order valence-corrected chi connectivity index (χ0v) is 12.5. The van der Waals surface area contributed by atoms with Crippen molar-refractivity contribution >= 4 is 17.5 Å². The van der Waals surface area contributed by atoms with E-state index in [0.717, 1.165) is 56.9 Å². The van der Waals surface area contributed by atoms with E-state index in [2.05, 4.69) is 30.8 Å². The van der Waals surface area contributed by atoms with Crippen LogP contribution in [0.1, 0.15) is 18.7 Å². The summed E-state index contributed by atoms with van der Waals surface area (Å²) in [4.78, 5) is 18.5. The minimum atomic E-state index is 0.662. The summed E-state index contributed by atoms with van der Waals surface area (Å²) in [5, 5.41) is 0. The standard InChI is InChI=1S/C15H21N5O/c1-11-17-13(19-6-8-21-9-7-19)10-14(18-11)20-5-4-16-15(20)12-2-3-12/h10,12H,2-9H2,1H3. The van der Waals surface area contributed by atoms with Crippen molar-refractivity contribution in [2.24, 2.45) is 10.9 Å². The van der Waals surface area contributed by atoms with E-state index in [1.165, 1.54) is 18.7 Å². The van der Waals surface area contributed by atoms with E-state index in [0.29, 0.717) is 5.92 Å². The maximum atomic E-state index is 5.42. The van der Waals surface area contributed by atoms with Crippen LogP contribution in [-0.2, 0) is 4.74 Å². The Hall–Kier alpha value is -1.69. The zero-order valence-electron chi connectivity index (χ0n) is 12.5. The number of ether oxygens (including phenoxy) is 1. The van der Waals surface area contributed by atoms with Gasteiger partial charge in [0, 0.05) is 31.6 Å². The number of hydrogen-bond acceptors (Lipinski definition) is 6. The molecule has 1 aliphatic carbocycles. The first kappa shape index (κ1) is 13.0. The van der Waals surface area contributed by atoms with Crippen molar-refractivity contribution in [1.82, 2.24) is 9.97 Å². The quantitative estimate of drug-likeness (QED) is 0.837. The number of aliphatic imine (C=N–C) groups is 1. The second-order valence-corrected chi connectivity index (χ2v) is 5.90. The molecule has 21 heavy (non-hydrogen) atoms. The zero-order chi connectivity index (χ0) is 14.2. The summed E-state index contributed by atoms with van der Waals surface area (Å²) in [6, 6.07) is 2.11.